The SMILES string of the molecule is CC(C)NCc1ccc(N(C)c2ccccc2F)cc1Br. The van der Waals surface area contributed by atoms with Gasteiger partial charge in [0.05, 0.1) is 5.69 Å². The highest BCUT2D eigenvalue weighted by atomic mass is 79.9. The largest absolute Gasteiger partial charge is 0.342 e. The number of rotatable bonds is 5. The third kappa shape index (κ3) is 4.05. The number of hydrogen-bond donors (Lipinski definition) is 1. The van der Waals surface area contributed by atoms with Crippen molar-refractivity contribution < 1.29 is 4.39 Å². The van der Waals surface area contributed by atoms with E-state index in [1.165, 1.54) is 11.6 Å². The molecule has 0 aliphatic heterocycles. The Morgan fingerprint density at radius 1 is 1.19 bits per heavy atom. The fraction of sp³-hybridized carbons (Fsp3) is 0.294. The fourth-order valence-electron chi connectivity index (χ4n) is 2.07. The van der Waals surface area contributed by atoms with Gasteiger partial charge in [0.1, 0.15) is 5.82 Å². The molecule has 0 spiro atoms. The highest BCUT2D eigenvalue weighted by Gasteiger charge is 2.10. The zero-order chi connectivity index (χ0) is 15.4. The zero-order valence-corrected chi connectivity index (χ0v) is 14.1. The molecule has 0 atom stereocenters. The number of halogens is 2. The van der Waals surface area contributed by atoms with E-state index < -0.39 is 0 Å². The smallest absolute Gasteiger partial charge is 0.146 e. The Hall–Kier alpha value is -1.39. The van der Waals surface area contributed by atoms with E-state index in [4.69, 9.17) is 0 Å². The van der Waals surface area contributed by atoms with E-state index in [-0.39, 0.29) is 5.82 Å². The molecule has 0 saturated carbocycles. The van der Waals surface area contributed by atoms with Crippen LogP contribution in [-0.4, -0.2) is 13.1 Å². The van der Waals surface area contributed by atoms with E-state index in [0.717, 1.165) is 16.7 Å². The van der Waals surface area contributed by atoms with Crippen LogP contribution in [0.25, 0.3) is 0 Å². The Bertz CT molecular complexity index is 613. The van der Waals surface area contributed by atoms with Gasteiger partial charge in [0.25, 0.3) is 0 Å². The van der Waals surface area contributed by atoms with Crippen LogP contribution >= 0.6 is 15.9 Å². The van der Waals surface area contributed by atoms with Crippen LogP contribution in [0.5, 0.6) is 0 Å². The van der Waals surface area contributed by atoms with Crippen LogP contribution in [0, 0.1) is 5.82 Å². The van der Waals surface area contributed by atoms with Gasteiger partial charge in [-0.25, -0.2) is 4.39 Å². The lowest BCUT2D eigenvalue weighted by molar-refractivity contribution is 0.588. The first kappa shape index (κ1) is 16.0. The standard InChI is InChI=1S/C17H20BrFN2/c1-12(2)20-11-13-8-9-14(10-15(13)18)21(3)17-7-5-4-6-16(17)19/h4-10,12,20H,11H2,1-3H3. The monoisotopic (exact) mass is 350 g/mol. The maximum Gasteiger partial charge on any atom is 0.146 e. The van der Waals surface area contributed by atoms with Crippen LogP contribution in [0.2, 0.25) is 0 Å². The third-order valence-corrected chi connectivity index (χ3v) is 4.08. The van der Waals surface area contributed by atoms with Crippen molar-refractivity contribution in [3.05, 3.63) is 58.3 Å². The molecule has 0 fully saturated rings. The molecule has 0 aromatic heterocycles. The highest BCUT2D eigenvalue weighted by Crippen LogP contribution is 2.29. The lowest BCUT2D eigenvalue weighted by Gasteiger charge is -2.21. The summed E-state index contributed by atoms with van der Waals surface area (Å²) in [6.45, 7) is 5.05. The topological polar surface area (TPSA) is 15.3 Å². The normalized spacial score (nSPS) is 11.0. The van der Waals surface area contributed by atoms with Gasteiger partial charge >= 0.3 is 0 Å². The van der Waals surface area contributed by atoms with Crippen LogP contribution in [-0.2, 0) is 6.54 Å². The van der Waals surface area contributed by atoms with Crippen molar-refractivity contribution in [1.82, 2.24) is 5.32 Å². The second-order valence-electron chi connectivity index (χ2n) is 5.32. The summed E-state index contributed by atoms with van der Waals surface area (Å²) in [5, 5.41) is 3.39. The second kappa shape index (κ2) is 7.05. The van der Waals surface area contributed by atoms with Crippen molar-refractivity contribution in [1.29, 1.82) is 0 Å². The van der Waals surface area contributed by atoms with Crippen LogP contribution in [0.1, 0.15) is 19.4 Å². The molecular formula is C17H20BrFN2. The molecule has 112 valence electrons. The van der Waals surface area contributed by atoms with Crippen molar-refractivity contribution in [3.8, 4) is 0 Å². The maximum absolute atomic E-state index is 13.9. The molecule has 0 bridgehead atoms. The molecular weight excluding hydrogens is 331 g/mol. The van der Waals surface area contributed by atoms with Crippen molar-refractivity contribution in [2.45, 2.75) is 26.4 Å². The average Bonchev–Trinajstić information content (AvgIpc) is 2.45. The number of para-hydroxylation sites is 1. The molecule has 2 aromatic carbocycles. The molecule has 2 nitrogen and oxygen atoms in total. The molecule has 21 heavy (non-hydrogen) atoms. The summed E-state index contributed by atoms with van der Waals surface area (Å²) in [5.41, 5.74) is 2.70. The summed E-state index contributed by atoms with van der Waals surface area (Å²) in [4.78, 5) is 1.85. The summed E-state index contributed by atoms with van der Waals surface area (Å²) in [7, 11) is 1.87. The maximum atomic E-state index is 13.9. The van der Waals surface area contributed by atoms with Gasteiger partial charge in [-0.05, 0) is 29.8 Å². The summed E-state index contributed by atoms with van der Waals surface area (Å²) in [6.07, 6.45) is 0. The Kier molecular flexibility index (Phi) is 5.37. The number of nitrogens with one attached hydrogen (secondary N) is 1. The first-order valence-electron chi connectivity index (χ1n) is 6.99. The van der Waals surface area contributed by atoms with Gasteiger partial charge in [-0.15, -0.1) is 0 Å². The minimum absolute atomic E-state index is 0.221. The van der Waals surface area contributed by atoms with Crippen LogP contribution in [0.3, 0.4) is 0 Å². The van der Waals surface area contributed by atoms with Gasteiger partial charge in [-0.1, -0.05) is 48.0 Å². The minimum Gasteiger partial charge on any atom is -0.342 e. The first-order valence-corrected chi connectivity index (χ1v) is 7.78. The van der Waals surface area contributed by atoms with Gasteiger partial charge in [0.15, 0.2) is 0 Å². The van der Waals surface area contributed by atoms with E-state index in [2.05, 4.69) is 41.2 Å². The molecule has 2 rings (SSSR count). The summed E-state index contributed by atoms with van der Waals surface area (Å²) < 4.78 is 14.9. The predicted octanol–water partition coefficient (Wildman–Crippen LogP) is 4.85. The molecule has 2 aromatic rings. The lowest BCUT2D eigenvalue weighted by Crippen LogP contribution is -2.22. The number of anilines is 2. The molecule has 0 aliphatic rings. The summed E-state index contributed by atoms with van der Waals surface area (Å²) in [5.74, 6) is -0.221. The van der Waals surface area contributed by atoms with Crippen molar-refractivity contribution in [3.63, 3.8) is 0 Å². The van der Waals surface area contributed by atoms with Crippen LogP contribution in [0.15, 0.2) is 46.9 Å². The molecule has 1 N–H and O–H groups in total. The van der Waals surface area contributed by atoms with E-state index in [0.29, 0.717) is 11.7 Å². The average molecular weight is 351 g/mol. The van der Waals surface area contributed by atoms with Crippen LogP contribution < -0.4 is 10.2 Å². The number of benzene rings is 2. The van der Waals surface area contributed by atoms with Gasteiger partial charge in [-0.2, -0.15) is 0 Å². The van der Waals surface area contributed by atoms with E-state index >= 15 is 0 Å². The predicted molar refractivity (Wildman–Crippen MR) is 90.6 cm³/mol. The quantitative estimate of drug-likeness (QED) is 0.828. The highest BCUT2D eigenvalue weighted by molar-refractivity contribution is 9.10. The second-order valence-corrected chi connectivity index (χ2v) is 6.18. The Balaban J connectivity index is 2.21. The van der Waals surface area contributed by atoms with Gasteiger partial charge in [0, 0.05) is 29.8 Å². The van der Waals surface area contributed by atoms with E-state index in [1.807, 2.05) is 30.1 Å². The fourth-order valence-corrected chi connectivity index (χ4v) is 2.57. The Labute approximate surface area is 134 Å². The zero-order valence-electron chi connectivity index (χ0n) is 12.5. The van der Waals surface area contributed by atoms with Crippen LogP contribution in [0.4, 0.5) is 15.8 Å². The molecule has 4 heteroatoms. The van der Waals surface area contributed by atoms with E-state index in [1.54, 1.807) is 12.1 Å². The van der Waals surface area contributed by atoms with E-state index in [9.17, 15) is 4.39 Å². The van der Waals surface area contributed by atoms with Crippen molar-refractivity contribution in [2.24, 2.45) is 0 Å². The molecule has 0 amide bonds. The molecule has 0 radical (unpaired) electrons. The van der Waals surface area contributed by atoms with Gasteiger partial charge in [0.2, 0.25) is 0 Å². The number of hydrogen-bond acceptors (Lipinski definition) is 2. The molecule has 0 aliphatic carbocycles. The third-order valence-electron chi connectivity index (χ3n) is 3.34. The first-order chi connectivity index (χ1) is 9.99. The Morgan fingerprint density at radius 2 is 1.90 bits per heavy atom. The van der Waals surface area contributed by atoms with Gasteiger partial charge < -0.3 is 10.2 Å². The lowest BCUT2D eigenvalue weighted by atomic mass is 10.1. The van der Waals surface area contributed by atoms with Crippen molar-refractivity contribution in [2.75, 3.05) is 11.9 Å². The minimum atomic E-state index is -0.221. The number of nitrogens with zero attached hydrogens (tertiary/aromatic N) is 1. The molecule has 0 heterocycles. The summed E-state index contributed by atoms with van der Waals surface area (Å²) in [6, 6.07) is 13.3. The van der Waals surface area contributed by atoms with Crippen molar-refractivity contribution >= 4 is 27.3 Å². The Morgan fingerprint density at radius 3 is 2.52 bits per heavy atom. The molecule has 0 saturated heterocycles. The van der Waals surface area contributed by atoms with Gasteiger partial charge in [-0.3, -0.25) is 0 Å². The molecule has 0 unspecified atom stereocenters. The summed E-state index contributed by atoms with van der Waals surface area (Å²) >= 11 is 3.60.